The summed E-state index contributed by atoms with van der Waals surface area (Å²) >= 11 is 17.9. The normalized spacial score (nSPS) is 11.5. The molecule has 2 aromatic carbocycles. The van der Waals surface area contributed by atoms with E-state index in [2.05, 4.69) is 5.16 Å². The fraction of sp³-hybridized carbons (Fsp3) is 0.235. The van der Waals surface area contributed by atoms with E-state index in [1.165, 1.54) is 12.1 Å². The number of nitrogens with zero attached hydrogens (tertiary/aromatic N) is 1. The first-order valence-corrected chi connectivity index (χ1v) is 9.97. The molecule has 0 fully saturated rings. The molecule has 0 aliphatic carbocycles. The number of halogens is 6. The monoisotopic (exact) mass is 488 g/mol. The Hall–Kier alpha value is -1.81. The van der Waals surface area contributed by atoms with Gasteiger partial charge in [-0.25, -0.2) is 0 Å². The molecule has 0 aliphatic rings. The predicted molar refractivity (Wildman–Crippen MR) is 106 cm³/mol. The van der Waals surface area contributed by atoms with Gasteiger partial charge in [0.1, 0.15) is 6.61 Å². The average Bonchev–Trinajstić information content (AvgIpc) is 2.59. The van der Waals surface area contributed by atoms with Crippen LogP contribution < -0.4 is 0 Å². The number of hydrogen-bond donors (Lipinski definition) is 1. The van der Waals surface area contributed by atoms with E-state index >= 15 is 0 Å². The van der Waals surface area contributed by atoms with E-state index in [4.69, 9.17) is 52.8 Å². The summed E-state index contributed by atoms with van der Waals surface area (Å²) in [6, 6.07) is 8.28. The van der Waals surface area contributed by atoms with E-state index in [0.717, 1.165) is 6.07 Å². The zero-order valence-electron chi connectivity index (χ0n) is 14.7. The minimum Gasteiger partial charge on any atom is -0.391 e. The van der Waals surface area contributed by atoms with Crippen LogP contribution in [0.2, 0.25) is 15.1 Å². The highest BCUT2D eigenvalue weighted by Gasteiger charge is 2.34. The van der Waals surface area contributed by atoms with Crippen molar-refractivity contribution in [1.82, 2.24) is 0 Å². The van der Waals surface area contributed by atoms with Crippen LogP contribution in [0.3, 0.4) is 0 Å². The van der Waals surface area contributed by atoms with Gasteiger partial charge >= 0.3 is 16.7 Å². The largest absolute Gasteiger partial charge is 0.417 e. The Labute approximate surface area is 181 Å². The second-order valence-corrected chi connectivity index (χ2v) is 7.01. The Balaban J connectivity index is 0.000000960. The Kier molecular flexibility index (Phi) is 9.91. The van der Waals surface area contributed by atoms with Gasteiger partial charge in [-0.2, -0.15) is 26.4 Å². The Morgan fingerprint density at radius 2 is 1.69 bits per heavy atom. The highest BCUT2D eigenvalue weighted by Crippen LogP contribution is 2.34. The number of nitrogens with one attached hydrogen (secondary N) is 1. The van der Waals surface area contributed by atoms with Crippen molar-refractivity contribution in [3.63, 3.8) is 0 Å². The first-order chi connectivity index (χ1) is 13.5. The lowest BCUT2D eigenvalue weighted by atomic mass is 10.0. The third kappa shape index (κ3) is 8.22. The minimum absolute atomic E-state index is 0.0656. The number of rotatable bonds is 5. The van der Waals surface area contributed by atoms with Crippen LogP contribution in [0.1, 0.15) is 30.0 Å². The molecule has 0 aromatic heterocycles. The molecule has 2 rings (SSSR count). The first kappa shape index (κ1) is 25.2. The number of alkyl halides is 3. The maximum atomic E-state index is 13.2. The van der Waals surface area contributed by atoms with Crippen molar-refractivity contribution in [2.75, 3.05) is 0 Å². The molecule has 0 saturated carbocycles. The molecule has 0 spiro atoms. The van der Waals surface area contributed by atoms with Crippen LogP contribution in [0.4, 0.5) is 13.2 Å². The second kappa shape index (κ2) is 11.4. The highest BCUT2D eigenvalue weighted by molar-refractivity contribution is 7.60. The van der Waals surface area contributed by atoms with Gasteiger partial charge in [-0.3, -0.25) is 0 Å². The lowest BCUT2D eigenvalue weighted by Gasteiger charge is -2.14. The van der Waals surface area contributed by atoms with Crippen LogP contribution in [0.5, 0.6) is 0 Å². The second-order valence-electron chi connectivity index (χ2n) is 5.29. The van der Waals surface area contributed by atoms with Crippen LogP contribution in [0.15, 0.2) is 41.6 Å². The van der Waals surface area contributed by atoms with Crippen molar-refractivity contribution in [3.8, 4) is 0 Å². The van der Waals surface area contributed by atoms with Crippen LogP contribution >= 0.6 is 34.8 Å². The molecule has 0 unspecified atom stereocenters. The van der Waals surface area contributed by atoms with Crippen molar-refractivity contribution in [3.05, 3.63) is 68.2 Å². The molecule has 0 saturated heterocycles. The summed E-state index contributed by atoms with van der Waals surface area (Å²) in [5, 5.41) is 4.80. The molecule has 0 atom stereocenters. The number of hydrogen-bond acceptors (Lipinski definition) is 5. The van der Waals surface area contributed by atoms with Gasteiger partial charge in [0.25, 0.3) is 0 Å². The van der Waals surface area contributed by atoms with Gasteiger partial charge in [-0.1, -0.05) is 52.9 Å². The molecule has 12 heteroatoms. The quantitative estimate of drug-likeness (QED) is 0.378. The van der Waals surface area contributed by atoms with E-state index in [0.29, 0.717) is 15.6 Å². The fourth-order valence-corrected chi connectivity index (χ4v) is 2.83. The smallest absolute Gasteiger partial charge is 0.391 e. The highest BCUT2D eigenvalue weighted by atomic mass is 35.5. The molecule has 158 valence electrons. The van der Waals surface area contributed by atoms with Crippen molar-refractivity contribution < 1.29 is 26.4 Å². The molecule has 1 N–H and O–H groups in total. The van der Waals surface area contributed by atoms with E-state index in [9.17, 15) is 13.2 Å². The maximum absolute atomic E-state index is 13.2. The molecule has 0 amide bonds. The lowest BCUT2D eigenvalue weighted by molar-refractivity contribution is -0.137. The van der Waals surface area contributed by atoms with Crippen molar-refractivity contribution in [1.29, 1.82) is 4.78 Å². The molecule has 29 heavy (non-hydrogen) atoms. The number of oxime groups is 1. The maximum Gasteiger partial charge on any atom is 0.417 e. The lowest BCUT2D eigenvalue weighted by Crippen LogP contribution is -2.13. The predicted octanol–water partition coefficient (Wildman–Crippen LogP) is 6.62. The van der Waals surface area contributed by atoms with Gasteiger partial charge in [0.2, 0.25) is 0 Å². The molecule has 0 bridgehead atoms. The average molecular weight is 490 g/mol. The molecular weight excluding hydrogens is 476 g/mol. The van der Waals surface area contributed by atoms with Crippen molar-refractivity contribution in [2.45, 2.75) is 26.1 Å². The van der Waals surface area contributed by atoms with Gasteiger partial charge in [0.05, 0.1) is 11.3 Å². The molecule has 0 radical (unpaired) electrons. The minimum atomic E-state index is -4.53. The van der Waals surface area contributed by atoms with Crippen LogP contribution in [0, 0.1) is 4.78 Å². The Morgan fingerprint density at radius 1 is 1.14 bits per heavy atom. The summed E-state index contributed by atoms with van der Waals surface area (Å²) in [7, 11) is -2.61. The van der Waals surface area contributed by atoms with E-state index < -0.39 is 22.2 Å². The Bertz CT molecular complexity index is 971. The van der Waals surface area contributed by atoms with Gasteiger partial charge in [0, 0.05) is 26.2 Å². The van der Waals surface area contributed by atoms with Crippen LogP contribution in [-0.2, 0) is 28.1 Å². The van der Waals surface area contributed by atoms with Crippen LogP contribution in [-0.4, -0.2) is 14.1 Å². The van der Waals surface area contributed by atoms with Gasteiger partial charge in [-0.15, -0.1) is 0 Å². The zero-order chi connectivity index (χ0) is 22.2. The Morgan fingerprint density at radius 3 is 2.17 bits per heavy atom. The van der Waals surface area contributed by atoms with E-state index in [1.807, 2.05) is 0 Å². The third-order valence-corrected chi connectivity index (χ3v) is 4.32. The van der Waals surface area contributed by atoms with Crippen LogP contribution in [0.25, 0.3) is 0 Å². The summed E-state index contributed by atoms with van der Waals surface area (Å²) in [6.45, 7) is 1.61. The standard InChI is InChI=1S/C17H13Cl3F3NO.HNO2S/c1-2-16(11-8-10(18)6-7-13(11)17(21,22)23)24-25-9-12-14(19)4-3-5-15(12)20;1-4(2)3/h3-8H,2,9H2,1H3;1H/b24-16+;. The summed E-state index contributed by atoms with van der Waals surface area (Å²) in [4.78, 5) is 5.20. The summed E-state index contributed by atoms with van der Waals surface area (Å²) in [5.74, 6) is 0. The molecular formula is C17H14Cl3F3N2O3S. The van der Waals surface area contributed by atoms with Gasteiger partial charge in [0.15, 0.2) is 0 Å². The SMILES string of the molecule is CC/C(=N\OCc1c(Cl)cccc1Cl)c1cc(Cl)ccc1C(F)(F)F.N=S(=O)=O. The molecule has 5 nitrogen and oxygen atoms in total. The molecule has 0 heterocycles. The summed E-state index contributed by atoms with van der Waals surface area (Å²) in [6.07, 6.45) is -4.30. The van der Waals surface area contributed by atoms with Crippen molar-refractivity contribution >= 4 is 51.0 Å². The number of benzene rings is 2. The molecule has 2 aromatic rings. The van der Waals surface area contributed by atoms with Gasteiger partial charge in [-0.05, 0) is 36.8 Å². The first-order valence-electron chi connectivity index (χ1n) is 7.76. The van der Waals surface area contributed by atoms with E-state index in [-0.39, 0.29) is 29.3 Å². The topological polar surface area (TPSA) is 79.6 Å². The summed E-state index contributed by atoms with van der Waals surface area (Å²) < 4.78 is 62.4. The fourth-order valence-electron chi connectivity index (χ4n) is 2.15. The van der Waals surface area contributed by atoms with Gasteiger partial charge < -0.3 is 4.84 Å². The molecule has 0 aliphatic heterocycles. The zero-order valence-corrected chi connectivity index (χ0v) is 17.8. The van der Waals surface area contributed by atoms with E-state index in [1.54, 1.807) is 25.1 Å². The summed E-state index contributed by atoms with van der Waals surface area (Å²) in [5.41, 5.74) is -0.310. The van der Waals surface area contributed by atoms with Crippen molar-refractivity contribution in [2.24, 2.45) is 5.16 Å². The third-order valence-electron chi connectivity index (χ3n) is 3.38.